The summed E-state index contributed by atoms with van der Waals surface area (Å²) in [5, 5.41) is 6.68. The molecule has 20 heavy (non-hydrogen) atoms. The zero-order valence-electron chi connectivity index (χ0n) is 11.8. The van der Waals surface area contributed by atoms with Crippen LogP contribution in [0.1, 0.15) is 25.0 Å². The Labute approximate surface area is 128 Å². The van der Waals surface area contributed by atoms with E-state index in [1.54, 1.807) is 6.33 Å². The minimum atomic E-state index is 0.733. The highest BCUT2D eigenvalue weighted by Gasteiger charge is 2.09. The van der Waals surface area contributed by atoms with Crippen LogP contribution in [0.4, 0.5) is 11.6 Å². The molecule has 0 aliphatic carbocycles. The Hall–Kier alpha value is -1.62. The second kappa shape index (κ2) is 7.24. The molecule has 2 rings (SSSR count). The van der Waals surface area contributed by atoms with Gasteiger partial charge in [0.25, 0.3) is 0 Å². The van der Waals surface area contributed by atoms with Crippen molar-refractivity contribution in [1.29, 1.82) is 0 Å². The Morgan fingerprint density at radius 1 is 1.05 bits per heavy atom. The average Bonchev–Trinajstić information content (AvgIpc) is 2.47. The normalized spacial score (nSPS) is 10.3. The van der Waals surface area contributed by atoms with Crippen LogP contribution in [0, 0.1) is 0 Å². The van der Waals surface area contributed by atoms with Gasteiger partial charge in [-0.05, 0) is 25.0 Å². The summed E-state index contributed by atoms with van der Waals surface area (Å²) in [6, 6.07) is 8.18. The van der Waals surface area contributed by atoms with Gasteiger partial charge in [-0.25, -0.2) is 9.97 Å². The van der Waals surface area contributed by atoms with Crippen LogP contribution in [0.15, 0.2) is 35.1 Å². The van der Waals surface area contributed by atoms with Crippen LogP contribution in [-0.4, -0.2) is 16.5 Å². The van der Waals surface area contributed by atoms with Gasteiger partial charge in [0.05, 0.1) is 0 Å². The van der Waals surface area contributed by atoms with Crippen molar-refractivity contribution in [2.75, 3.05) is 17.2 Å². The van der Waals surface area contributed by atoms with Crippen molar-refractivity contribution in [2.24, 2.45) is 0 Å². The quantitative estimate of drug-likeness (QED) is 0.842. The SMILES string of the molecule is CCNc1ncnc(NCc2ccccc2Br)c1CC. The maximum Gasteiger partial charge on any atom is 0.134 e. The van der Waals surface area contributed by atoms with Crippen molar-refractivity contribution >= 4 is 27.6 Å². The van der Waals surface area contributed by atoms with E-state index >= 15 is 0 Å². The molecule has 0 saturated heterocycles. The second-order valence-corrected chi connectivity index (χ2v) is 5.23. The molecule has 5 heteroatoms. The second-order valence-electron chi connectivity index (χ2n) is 4.38. The van der Waals surface area contributed by atoms with Gasteiger partial charge >= 0.3 is 0 Å². The average molecular weight is 335 g/mol. The largest absolute Gasteiger partial charge is 0.370 e. The summed E-state index contributed by atoms with van der Waals surface area (Å²) in [7, 11) is 0. The van der Waals surface area contributed by atoms with Crippen LogP contribution in [0.2, 0.25) is 0 Å². The van der Waals surface area contributed by atoms with Gasteiger partial charge < -0.3 is 10.6 Å². The summed E-state index contributed by atoms with van der Waals surface area (Å²) < 4.78 is 1.10. The fourth-order valence-corrected chi connectivity index (χ4v) is 2.47. The Balaban J connectivity index is 2.17. The molecule has 0 fully saturated rings. The summed E-state index contributed by atoms with van der Waals surface area (Å²) in [6.45, 7) is 5.77. The fourth-order valence-electron chi connectivity index (χ4n) is 2.04. The molecule has 2 N–H and O–H groups in total. The van der Waals surface area contributed by atoms with Crippen molar-refractivity contribution in [1.82, 2.24) is 9.97 Å². The monoisotopic (exact) mass is 334 g/mol. The summed E-state index contributed by atoms with van der Waals surface area (Å²) >= 11 is 3.56. The van der Waals surface area contributed by atoms with Crippen LogP contribution < -0.4 is 10.6 Å². The molecule has 0 atom stereocenters. The molecule has 0 unspecified atom stereocenters. The van der Waals surface area contributed by atoms with Gasteiger partial charge in [-0.2, -0.15) is 0 Å². The molecule has 1 heterocycles. The predicted octanol–water partition coefficient (Wildman–Crippen LogP) is 3.85. The zero-order chi connectivity index (χ0) is 14.4. The van der Waals surface area contributed by atoms with Crippen LogP contribution in [-0.2, 0) is 13.0 Å². The Morgan fingerprint density at radius 3 is 2.40 bits per heavy atom. The smallest absolute Gasteiger partial charge is 0.134 e. The molecule has 2 aromatic rings. The molecule has 4 nitrogen and oxygen atoms in total. The third-order valence-electron chi connectivity index (χ3n) is 3.05. The molecule has 1 aromatic heterocycles. The van der Waals surface area contributed by atoms with E-state index < -0.39 is 0 Å². The lowest BCUT2D eigenvalue weighted by Crippen LogP contribution is -2.09. The standard InChI is InChI=1S/C15H19BrN4/c1-3-12-14(17-4-2)19-10-20-15(12)18-9-11-7-5-6-8-13(11)16/h5-8,10H,3-4,9H2,1-2H3,(H2,17,18,19,20). The molecule has 0 aliphatic heterocycles. The number of halogens is 1. The maximum atomic E-state index is 4.36. The molecular formula is C15H19BrN4. The number of benzene rings is 1. The van der Waals surface area contributed by atoms with E-state index in [-0.39, 0.29) is 0 Å². The highest BCUT2D eigenvalue weighted by Crippen LogP contribution is 2.22. The van der Waals surface area contributed by atoms with E-state index in [0.717, 1.165) is 41.2 Å². The lowest BCUT2D eigenvalue weighted by Gasteiger charge is -2.14. The highest BCUT2D eigenvalue weighted by atomic mass is 79.9. The predicted molar refractivity (Wildman–Crippen MR) is 87.0 cm³/mol. The van der Waals surface area contributed by atoms with E-state index in [2.05, 4.69) is 56.4 Å². The van der Waals surface area contributed by atoms with Crippen molar-refractivity contribution in [3.8, 4) is 0 Å². The van der Waals surface area contributed by atoms with E-state index in [1.165, 1.54) is 5.56 Å². The van der Waals surface area contributed by atoms with Crippen molar-refractivity contribution < 1.29 is 0 Å². The van der Waals surface area contributed by atoms with E-state index in [9.17, 15) is 0 Å². The fraction of sp³-hybridized carbons (Fsp3) is 0.333. The summed E-state index contributed by atoms with van der Waals surface area (Å²) in [6.07, 6.45) is 2.49. The Morgan fingerprint density at radius 2 is 1.75 bits per heavy atom. The first-order valence-corrected chi connectivity index (χ1v) is 7.60. The third-order valence-corrected chi connectivity index (χ3v) is 3.82. The lowest BCUT2D eigenvalue weighted by molar-refractivity contribution is 0.998. The summed E-state index contributed by atoms with van der Waals surface area (Å²) in [5.74, 6) is 1.81. The van der Waals surface area contributed by atoms with Gasteiger partial charge in [-0.3, -0.25) is 0 Å². The van der Waals surface area contributed by atoms with E-state index in [1.807, 2.05) is 18.2 Å². The van der Waals surface area contributed by atoms with Gasteiger partial charge in [0.2, 0.25) is 0 Å². The van der Waals surface area contributed by atoms with Crippen LogP contribution in [0.3, 0.4) is 0 Å². The molecule has 0 bridgehead atoms. The first kappa shape index (κ1) is 14.8. The maximum absolute atomic E-state index is 4.36. The van der Waals surface area contributed by atoms with Crippen molar-refractivity contribution in [3.63, 3.8) is 0 Å². The molecule has 0 aliphatic rings. The first-order valence-electron chi connectivity index (χ1n) is 6.81. The number of nitrogens with one attached hydrogen (secondary N) is 2. The molecule has 0 spiro atoms. The molecule has 1 aromatic carbocycles. The molecule has 106 valence electrons. The van der Waals surface area contributed by atoms with Gasteiger partial charge in [0.15, 0.2) is 0 Å². The number of rotatable bonds is 6. The van der Waals surface area contributed by atoms with Crippen LogP contribution in [0.5, 0.6) is 0 Å². The lowest BCUT2D eigenvalue weighted by atomic mass is 10.2. The van der Waals surface area contributed by atoms with Crippen LogP contribution in [0.25, 0.3) is 0 Å². The summed E-state index contributed by atoms with van der Waals surface area (Å²) in [5.41, 5.74) is 2.33. The topological polar surface area (TPSA) is 49.8 Å². The van der Waals surface area contributed by atoms with Gasteiger partial charge in [-0.1, -0.05) is 41.1 Å². The van der Waals surface area contributed by atoms with Crippen molar-refractivity contribution in [2.45, 2.75) is 26.8 Å². The molecular weight excluding hydrogens is 316 g/mol. The van der Waals surface area contributed by atoms with E-state index in [4.69, 9.17) is 0 Å². The van der Waals surface area contributed by atoms with Crippen LogP contribution >= 0.6 is 15.9 Å². The number of hydrogen-bond acceptors (Lipinski definition) is 4. The third kappa shape index (κ3) is 3.48. The van der Waals surface area contributed by atoms with Crippen molar-refractivity contribution in [3.05, 3.63) is 46.2 Å². The number of anilines is 2. The molecule has 0 radical (unpaired) electrons. The minimum Gasteiger partial charge on any atom is -0.370 e. The zero-order valence-corrected chi connectivity index (χ0v) is 13.4. The number of aromatic nitrogens is 2. The molecule has 0 saturated carbocycles. The summed E-state index contributed by atoms with van der Waals surface area (Å²) in [4.78, 5) is 8.66. The highest BCUT2D eigenvalue weighted by molar-refractivity contribution is 9.10. The first-order chi connectivity index (χ1) is 9.76. The number of hydrogen-bond donors (Lipinski definition) is 2. The van der Waals surface area contributed by atoms with Gasteiger partial charge in [0, 0.05) is 23.1 Å². The van der Waals surface area contributed by atoms with Gasteiger partial charge in [-0.15, -0.1) is 0 Å². The minimum absolute atomic E-state index is 0.733. The molecule has 0 amide bonds. The van der Waals surface area contributed by atoms with Gasteiger partial charge in [0.1, 0.15) is 18.0 Å². The number of nitrogens with zero attached hydrogens (tertiary/aromatic N) is 2. The Kier molecular flexibility index (Phi) is 5.35. The van der Waals surface area contributed by atoms with E-state index in [0.29, 0.717) is 0 Å². The Bertz CT molecular complexity index is 572.